The van der Waals surface area contributed by atoms with Crippen molar-refractivity contribution in [2.75, 3.05) is 40.0 Å². The van der Waals surface area contributed by atoms with Crippen molar-refractivity contribution in [3.05, 3.63) is 59.4 Å². The summed E-state index contributed by atoms with van der Waals surface area (Å²) in [6.45, 7) is 11.8. The Morgan fingerprint density at radius 1 is 1.18 bits per heavy atom. The first-order chi connectivity index (χ1) is 18.8. The molecular weight excluding hydrogens is 492 g/mol. The topological polar surface area (TPSA) is 84.3 Å². The number of hydrogen-bond donors (Lipinski definition) is 2. The van der Waals surface area contributed by atoms with Gasteiger partial charge < -0.3 is 24.5 Å². The highest BCUT2D eigenvalue weighted by Crippen LogP contribution is 2.34. The zero-order valence-corrected chi connectivity index (χ0v) is 23.6. The number of fused-ring (bicyclic) bond motifs is 1. The number of piperidine rings is 1. The summed E-state index contributed by atoms with van der Waals surface area (Å²) in [6.07, 6.45) is 3.01. The lowest BCUT2D eigenvalue weighted by Crippen LogP contribution is -2.50. The molecule has 208 valence electrons. The zero-order valence-electron chi connectivity index (χ0n) is 23.6. The molecule has 8 heteroatoms. The molecule has 2 aliphatic rings. The van der Waals surface area contributed by atoms with Crippen LogP contribution in [0, 0.1) is 18.8 Å². The second-order valence-electron chi connectivity index (χ2n) is 11.0. The number of carbonyl (C=O) groups excluding carboxylic acids is 2. The lowest BCUT2D eigenvalue weighted by molar-refractivity contribution is -0.129. The molecule has 0 spiro atoms. The lowest BCUT2D eigenvalue weighted by Gasteiger charge is -2.34. The van der Waals surface area contributed by atoms with Crippen LogP contribution in [0.25, 0.3) is 16.6 Å². The van der Waals surface area contributed by atoms with Gasteiger partial charge in [-0.1, -0.05) is 19.1 Å². The van der Waals surface area contributed by atoms with Gasteiger partial charge in [0, 0.05) is 54.7 Å². The van der Waals surface area contributed by atoms with E-state index in [4.69, 9.17) is 9.47 Å². The molecule has 2 fully saturated rings. The summed E-state index contributed by atoms with van der Waals surface area (Å²) in [5.41, 5.74) is 5.77. The predicted octanol–water partition coefficient (Wildman–Crippen LogP) is 4.21. The maximum atomic E-state index is 13.7. The molecule has 4 atom stereocenters. The van der Waals surface area contributed by atoms with Crippen LogP contribution in [-0.2, 0) is 9.53 Å². The number of nitrogens with one attached hydrogen (secondary N) is 2. The van der Waals surface area contributed by atoms with Crippen molar-refractivity contribution < 1.29 is 19.1 Å². The number of carbonyl (C=O) groups is 2. The normalized spacial score (nSPS) is 22.9. The Morgan fingerprint density at radius 3 is 2.56 bits per heavy atom. The van der Waals surface area contributed by atoms with Gasteiger partial charge >= 0.3 is 0 Å². The first-order valence-corrected chi connectivity index (χ1v) is 14.0. The third kappa shape index (κ3) is 5.40. The van der Waals surface area contributed by atoms with Crippen LogP contribution < -0.4 is 15.4 Å². The minimum absolute atomic E-state index is 0.0173. The van der Waals surface area contributed by atoms with Crippen LogP contribution in [-0.4, -0.2) is 67.1 Å². The molecule has 8 nitrogen and oxygen atoms in total. The van der Waals surface area contributed by atoms with Crippen LogP contribution >= 0.6 is 0 Å². The van der Waals surface area contributed by atoms with Crippen LogP contribution in [0.1, 0.15) is 54.8 Å². The molecule has 39 heavy (non-hydrogen) atoms. The number of nitrogens with zero attached hydrogens (tertiary/aromatic N) is 2. The van der Waals surface area contributed by atoms with E-state index in [1.54, 1.807) is 7.11 Å². The number of aromatic nitrogens is 1. The molecule has 0 aliphatic carbocycles. The van der Waals surface area contributed by atoms with Crippen LogP contribution in [0.2, 0.25) is 0 Å². The Bertz CT molecular complexity index is 1340. The van der Waals surface area contributed by atoms with E-state index in [-0.39, 0.29) is 35.7 Å². The summed E-state index contributed by atoms with van der Waals surface area (Å²) in [7, 11) is 1.66. The Balaban J connectivity index is 1.53. The third-order valence-corrected chi connectivity index (χ3v) is 8.51. The number of rotatable bonds is 7. The van der Waals surface area contributed by atoms with Gasteiger partial charge in [0.2, 0.25) is 5.91 Å². The minimum Gasteiger partial charge on any atom is -0.497 e. The molecule has 2 saturated heterocycles. The van der Waals surface area contributed by atoms with E-state index in [9.17, 15) is 9.59 Å². The van der Waals surface area contributed by atoms with Gasteiger partial charge in [-0.2, -0.15) is 0 Å². The monoisotopic (exact) mass is 532 g/mol. The summed E-state index contributed by atoms with van der Waals surface area (Å²) in [5.74, 6) is 0.649. The van der Waals surface area contributed by atoms with Crippen LogP contribution in [0.3, 0.4) is 0 Å². The fourth-order valence-corrected chi connectivity index (χ4v) is 6.25. The van der Waals surface area contributed by atoms with Gasteiger partial charge in [0.05, 0.1) is 31.8 Å². The number of ether oxygens (including phenoxy) is 2. The molecule has 0 bridgehead atoms. The van der Waals surface area contributed by atoms with Gasteiger partial charge in [-0.15, -0.1) is 0 Å². The minimum atomic E-state index is -0.232. The third-order valence-electron chi connectivity index (χ3n) is 8.51. The fraction of sp³-hybridized carbons (Fsp3) is 0.484. The quantitative estimate of drug-likeness (QED) is 0.476. The highest BCUT2D eigenvalue weighted by Gasteiger charge is 2.33. The summed E-state index contributed by atoms with van der Waals surface area (Å²) in [5, 5.41) is 6.13. The second kappa shape index (κ2) is 11.4. The van der Waals surface area contributed by atoms with E-state index in [1.165, 1.54) is 0 Å². The highest BCUT2D eigenvalue weighted by molar-refractivity contribution is 5.99. The van der Waals surface area contributed by atoms with E-state index >= 15 is 0 Å². The summed E-state index contributed by atoms with van der Waals surface area (Å²) >= 11 is 0. The maximum absolute atomic E-state index is 13.7. The van der Waals surface area contributed by atoms with Crippen molar-refractivity contribution in [2.24, 2.45) is 11.8 Å². The molecule has 0 saturated carbocycles. The molecule has 2 N–H and O–H groups in total. The van der Waals surface area contributed by atoms with Crippen molar-refractivity contribution in [1.29, 1.82) is 0 Å². The Kier molecular flexibility index (Phi) is 7.96. The predicted molar refractivity (Wildman–Crippen MR) is 152 cm³/mol. The van der Waals surface area contributed by atoms with Crippen molar-refractivity contribution >= 4 is 17.3 Å². The van der Waals surface area contributed by atoms with E-state index in [0.29, 0.717) is 25.3 Å². The molecular formula is C31H40N4O4. The molecule has 1 aromatic carbocycles. The molecule has 2 aliphatic heterocycles. The van der Waals surface area contributed by atoms with E-state index in [2.05, 4.69) is 46.0 Å². The smallest absolute Gasteiger partial charge is 0.251 e. The van der Waals surface area contributed by atoms with Gasteiger partial charge in [0.15, 0.2) is 0 Å². The molecule has 0 radical (unpaired) electrons. The number of methoxy groups -OCH3 is 1. The molecule has 2 aromatic heterocycles. The van der Waals surface area contributed by atoms with Gasteiger partial charge in [-0.05, 0) is 68.5 Å². The van der Waals surface area contributed by atoms with Crippen molar-refractivity contribution in [3.8, 4) is 16.9 Å². The van der Waals surface area contributed by atoms with Gasteiger partial charge in [-0.3, -0.25) is 14.5 Å². The van der Waals surface area contributed by atoms with E-state index in [0.717, 1.165) is 53.2 Å². The first kappa shape index (κ1) is 27.2. The summed E-state index contributed by atoms with van der Waals surface area (Å²) in [4.78, 5) is 28.8. The second-order valence-corrected chi connectivity index (χ2v) is 11.0. The van der Waals surface area contributed by atoms with Gasteiger partial charge in [0.25, 0.3) is 5.91 Å². The standard InChI is InChI=1S/C31H40N4O4/c1-19-16-20(2)33-31(37)27(19)18-32-30(36)26-17-28-25(23-6-8-24(38-5)9-7-23)10-11-35(28)29(21(26)3)22(4)34-12-14-39-15-13-34/h6-11,17,19-20,22,27H,12-16,18H2,1-5H3,(H,32,36)(H,33,37). The average Bonchev–Trinajstić information content (AvgIpc) is 3.35. The van der Waals surface area contributed by atoms with Crippen LogP contribution in [0.4, 0.5) is 0 Å². The first-order valence-electron chi connectivity index (χ1n) is 14.0. The van der Waals surface area contributed by atoms with E-state index in [1.807, 2.05) is 44.2 Å². The summed E-state index contributed by atoms with van der Waals surface area (Å²) in [6, 6.07) is 12.4. The largest absolute Gasteiger partial charge is 0.497 e. The molecule has 4 unspecified atom stereocenters. The molecule has 3 aromatic rings. The SMILES string of the molecule is COc1ccc(-c2ccn3c(C(C)N4CCOCC4)c(C)c(C(=O)NCC4C(=O)NC(C)CC4C)cc23)cc1. The number of pyridine rings is 1. The maximum Gasteiger partial charge on any atom is 0.251 e. The highest BCUT2D eigenvalue weighted by atomic mass is 16.5. The average molecular weight is 533 g/mol. The number of hydrogen-bond acceptors (Lipinski definition) is 5. The number of morpholine rings is 1. The Morgan fingerprint density at radius 2 is 1.90 bits per heavy atom. The fourth-order valence-electron chi connectivity index (χ4n) is 6.25. The summed E-state index contributed by atoms with van der Waals surface area (Å²) < 4.78 is 13.2. The number of amides is 2. The van der Waals surface area contributed by atoms with Gasteiger partial charge in [-0.25, -0.2) is 0 Å². The lowest BCUT2D eigenvalue weighted by atomic mass is 9.84. The molecule has 5 rings (SSSR count). The van der Waals surface area contributed by atoms with Crippen molar-refractivity contribution in [1.82, 2.24) is 19.9 Å². The Labute approximate surface area is 230 Å². The molecule has 4 heterocycles. The molecule has 2 amide bonds. The van der Waals surface area contributed by atoms with Crippen LogP contribution in [0.15, 0.2) is 42.6 Å². The van der Waals surface area contributed by atoms with Gasteiger partial charge in [0.1, 0.15) is 5.75 Å². The van der Waals surface area contributed by atoms with Crippen LogP contribution in [0.5, 0.6) is 5.75 Å². The van der Waals surface area contributed by atoms with E-state index < -0.39 is 0 Å². The van der Waals surface area contributed by atoms with Crippen molar-refractivity contribution in [2.45, 2.75) is 46.2 Å². The van der Waals surface area contributed by atoms with Crippen molar-refractivity contribution in [3.63, 3.8) is 0 Å². The Hall–Kier alpha value is -3.36. The zero-order chi connectivity index (χ0) is 27.7. The number of benzene rings is 1.